The number of rotatable bonds is 3. The van der Waals surface area contributed by atoms with Crippen LogP contribution in [0, 0.1) is 11.8 Å². The zero-order valence-electron chi connectivity index (χ0n) is 8.55. The number of allylic oxidation sites excluding steroid dienone is 3. The molecule has 0 aromatic heterocycles. The van der Waals surface area contributed by atoms with Crippen molar-refractivity contribution in [2.45, 2.75) is 33.1 Å². The Hall–Kier alpha value is -0.850. The third-order valence-electron chi connectivity index (χ3n) is 2.93. The van der Waals surface area contributed by atoms with Crippen molar-refractivity contribution < 1.29 is 4.79 Å². The molecule has 0 heterocycles. The summed E-state index contributed by atoms with van der Waals surface area (Å²) in [5.41, 5.74) is 2.58. The van der Waals surface area contributed by atoms with Gasteiger partial charge in [0.05, 0.1) is 0 Å². The Labute approximate surface area is 80.5 Å². The first-order valence-corrected chi connectivity index (χ1v) is 4.94. The maximum Gasteiger partial charge on any atom is 0.126 e. The van der Waals surface area contributed by atoms with Crippen molar-refractivity contribution >= 4 is 6.29 Å². The highest BCUT2D eigenvalue weighted by Crippen LogP contribution is 2.30. The third kappa shape index (κ3) is 2.55. The highest BCUT2D eigenvalue weighted by Gasteiger charge is 2.17. The fourth-order valence-corrected chi connectivity index (χ4v) is 1.80. The van der Waals surface area contributed by atoms with Gasteiger partial charge in [-0.2, -0.15) is 0 Å². The van der Waals surface area contributed by atoms with Crippen LogP contribution in [0.25, 0.3) is 0 Å². The summed E-state index contributed by atoms with van der Waals surface area (Å²) < 4.78 is 0. The molecule has 0 spiro atoms. The highest BCUT2D eigenvalue weighted by molar-refractivity contribution is 5.58. The van der Waals surface area contributed by atoms with Crippen molar-refractivity contribution in [1.82, 2.24) is 0 Å². The second kappa shape index (κ2) is 4.40. The van der Waals surface area contributed by atoms with Crippen LogP contribution in [0.5, 0.6) is 0 Å². The SMILES string of the molecule is C=C(C)C1CC=C(C(C)C=O)CC1. The van der Waals surface area contributed by atoms with Crippen molar-refractivity contribution in [2.24, 2.45) is 11.8 Å². The Morgan fingerprint density at radius 1 is 1.77 bits per heavy atom. The first-order valence-electron chi connectivity index (χ1n) is 4.94. The lowest BCUT2D eigenvalue weighted by molar-refractivity contribution is -0.109. The Morgan fingerprint density at radius 2 is 2.46 bits per heavy atom. The van der Waals surface area contributed by atoms with Crippen LogP contribution in [0.3, 0.4) is 0 Å². The summed E-state index contributed by atoms with van der Waals surface area (Å²) in [5.74, 6) is 0.758. The number of carbonyl (C=O) groups is 1. The summed E-state index contributed by atoms with van der Waals surface area (Å²) in [6.45, 7) is 8.03. The van der Waals surface area contributed by atoms with Crippen LogP contribution in [0.2, 0.25) is 0 Å². The monoisotopic (exact) mass is 178 g/mol. The minimum atomic E-state index is 0.117. The normalized spacial score (nSPS) is 24.8. The molecule has 1 aliphatic rings. The topological polar surface area (TPSA) is 17.1 Å². The van der Waals surface area contributed by atoms with Crippen molar-refractivity contribution in [2.75, 3.05) is 0 Å². The van der Waals surface area contributed by atoms with Crippen molar-refractivity contribution in [1.29, 1.82) is 0 Å². The van der Waals surface area contributed by atoms with Gasteiger partial charge in [-0.05, 0) is 32.1 Å². The van der Waals surface area contributed by atoms with Gasteiger partial charge in [0, 0.05) is 5.92 Å². The summed E-state index contributed by atoms with van der Waals surface area (Å²) in [4.78, 5) is 10.6. The maximum atomic E-state index is 10.6. The minimum absolute atomic E-state index is 0.117. The molecule has 0 aromatic rings. The summed E-state index contributed by atoms with van der Waals surface area (Å²) in [6, 6.07) is 0. The van der Waals surface area contributed by atoms with E-state index in [9.17, 15) is 4.79 Å². The molecule has 0 fully saturated rings. The molecule has 1 heteroatoms. The van der Waals surface area contributed by atoms with Gasteiger partial charge in [-0.1, -0.05) is 30.7 Å². The first kappa shape index (κ1) is 10.2. The molecule has 72 valence electrons. The molecule has 1 aliphatic carbocycles. The number of aldehydes is 1. The average Bonchev–Trinajstić information content (AvgIpc) is 2.17. The predicted octanol–water partition coefficient (Wildman–Crippen LogP) is 3.12. The van der Waals surface area contributed by atoms with Gasteiger partial charge in [-0.25, -0.2) is 0 Å². The maximum absolute atomic E-state index is 10.6. The van der Waals surface area contributed by atoms with Crippen LogP contribution >= 0.6 is 0 Å². The lowest BCUT2D eigenvalue weighted by Gasteiger charge is -2.23. The summed E-state index contributed by atoms with van der Waals surface area (Å²) >= 11 is 0. The van der Waals surface area contributed by atoms with E-state index in [4.69, 9.17) is 0 Å². The van der Waals surface area contributed by atoms with Crippen LogP contribution in [-0.2, 0) is 4.79 Å². The van der Waals surface area contributed by atoms with E-state index in [0.29, 0.717) is 5.92 Å². The van der Waals surface area contributed by atoms with Crippen LogP contribution in [-0.4, -0.2) is 6.29 Å². The van der Waals surface area contributed by atoms with Gasteiger partial charge in [0.1, 0.15) is 6.29 Å². The lowest BCUT2D eigenvalue weighted by atomic mass is 9.82. The fourth-order valence-electron chi connectivity index (χ4n) is 1.80. The Balaban J connectivity index is 2.57. The first-order chi connectivity index (χ1) is 6.15. The van der Waals surface area contributed by atoms with E-state index in [1.54, 1.807) is 0 Å². The molecule has 2 unspecified atom stereocenters. The van der Waals surface area contributed by atoms with Gasteiger partial charge >= 0.3 is 0 Å². The Morgan fingerprint density at radius 3 is 2.85 bits per heavy atom. The largest absolute Gasteiger partial charge is 0.303 e. The molecule has 1 rings (SSSR count). The van der Waals surface area contributed by atoms with Crippen LogP contribution < -0.4 is 0 Å². The van der Waals surface area contributed by atoms with Crippen LogP contribution in [0.15, 0.2) is 23.8 Å². The molecule has 0 aromatic carbocycles. The smallest absolute Gasteiger partial charge is 0.126 e. The molecule has 2 atom stereocenters. The molecule has 13 heavy (non-hydrogen) atoms. The van der Waals surface area contributed by atoms with Gasteiger partial charge in [-0.15, -0.1) is 0 Å². The predicted molar refractivity (Wildman–Crippen MR) is 55.5 cm³/mol. The number of hydrogen-bond acceptors (Lipinski definition) is 1. The third-order valence-corrected chi connectivity index (χ3v) is 2.93. The van der Waals surface area contributed by atoms with E-state index in [2.05, 4.69) is 19.6 Å². The van der Waals surface area contributed by atoms with E-state index >= 15 is 0 Å². The fraction of sp³-hybridized carbons (Fsp3) is 0.583. The van der Waals surface area contributed by atoms with E-state index in [-0.39, 0.29) is 5.92 Å². The molecular weight excluding hydrogens is 160 g/mol. The molecule has 0 radical (unpaired) electrons. The van der Waals surface area contributed by atoms with Crippen molar-refractivity contribution in [3.05, 3.63) is 23.8 Å². The Bertz CT molecular complexity index is 238. The molecule has 0 N–H and O–H groups in total. The molecule has 0 bridgehead atoms. The summed E-state index contributed by atoms with van der Waals surface area (Å²) in [5, 5.41) is 0. The molecule has 0 saturated carbocycles. The summed E-state index contributed by atoms with van der Waals surface area (Å²) in [7, 11) is 0. The van der Waals surface area contributed by atoms with E-state index in [1.165, 1.54) is 17.6 Å². The molecule has 0 saturated heterocycles. The second-order valence-electron chi connectivity index (χ2n) is 4.02. The standard InChI is InChI=1S/C12H18O/c1-9(2)11-4-6-12(7-5-11)10(3)8-13/h6,8,10-11H,1,4-5,7H2,2-3H3. The van der Waals surface area contributed by atoms with Crippen LogP contribution in [0.4, 0.5) is 0 Å². The quantitative estimate of drug-likeness (QED) is 0.479. The lowest BCUT2D eigenvalue weighted by Crippen LogP contribution is -2.11. The number of hydrogen-bond donors (Lipinski definition) is 0. The van der Waals surface area contributed by atoms with Crippen molar-refractivity contribution in [3.63, 3.8) is 0 Å². The molecular formula is C12H18O. The van der Waals surface area contributed by atoms with E-state index < -0.39 is 0 Å². The summed E-state index contributed by atoms with van der Waals surface area (Å²) in [6.07, 6.45) is 6.56. The van der Waals surface area contributed by atoms with Crippen LogP contribution in [0.1, 0.15) is 33.1 Å². The Kier molecular flexibility index (Phi) is 3.47. The zero-order valence-corrected chi connectivity index (χ0v) is 8.55. The highest BCUT2D eigenvalue weighted by atomic mass is 16.1. The second-order valence-corrected chi connectivity index (χ2v) is 4.02. The molecule has 0 amide bonds. The van der Waals surface area contributed by atoms with Gasteiger partial charge in [-0.3, -0.25) is 0 Å². The van der Waals surface area contributed by atoms with Gasteiger partial charge in [0.25, 0.3) is 0 Å². The molecule has 0 aliphatic heterocycles. The van der Waals surface area contributed by atoms with Crippen molar-refractivity contribution in [3.8, 4) is 0 Å². The van der Waals surface area contributed by atoms with E-state index in [1.807, 2.05) is 6.92 Å². The minimum Gasteiger partial charge on any atom is -0.303 e. The number of carbonyl (C=O) groups excluding carboxylic acids is 1. The van der Waals surface area contributed by atoms with Gasteiger partial charge in [0.2, 0.25) is 0 Å². The molecule has 1 nitrogen and oxygen atoms in total. The van der Waals surface area contributed by atoms with Gasteiger partial charge < -0.3 is 4.79 Å². The van der Waals surface area contributed by atoms with Gasteiger partial charge in [0.15, 0.2) is 0 Å². The zero-order chi connectivity index (χ0) is 9.84. The van der Waals surface area contributed by atoms with E-state index in [0.717, 1.165) is 19.1 Å². The average molecular weight is 178 g/mol.